The van der Waals surface area contributed by atoms with Gasteiger partial charge < -0.3 is 14.5 Å². The van der Waals surface area contributed by atoms with Gasteiger partial charge in [0.2, 0.25) is 0 Å². The lowest BCUT2D eigenvalue weighted by atomic mass is 10.1. The minimum absolute atomic E-state index is 0.0477. The van der Waals surface area contributed by atoms with Gasteiger partial charge in [0.1, 0.15) is 11.3 Å². The first-order valence-electron chi connectivity index (χ1n) is 10.6. The monoisotopic (exact) mass is 476 g/mol. The van der Waals surface area contributed by atoms with E-state index in [9.17, 15) is 22.4 Å². The predicted molar refractivity (Wildman–Crippen MR) is 112 cm³/mol. The Morgan fingerprint density at radius 3 is 2.35 bits per heavy atom. The number of benzene rings is 1. The Morgan fingerprint density at radius 2 is 1.74 bits per heavy atom. The molecule has 4 heterocycles. The smallest absolute Gasteiger partial charge is 0.420 e. The van der Waals surface area contributed by atoms with Crippen molar-refractivity contribution in [2.75, 3.05) is 25.1 Å². The highest BCUT2D eigenvalue weighted by atomic mass is 19.4. The van der Waals surface area contributed by atoms with Gasteiger partial charge in [-0.05, 0) is 31.0 Å². The Labute approximate surface area is 191 Å². The number of hydrogen-bond donors (Lipinski definition) is 0. The molecule has 2 aromatic heterocycles. The van der Waals surface area contributed by atoms with Crippen LogP contribution in [-0.4, -0.2) is 63.1 Å². The molecule has 2 unspecified atom stereocenters. The third kappa shape index (κ3) is 3.62. The van der Waals surface area contributed by atoms with E-state index in [0.717, 1.165) is 17.1 Å². The molecule has 2 fully saturated rings. The SMILES string of the molecule is COc1c(C(F)(F)F)ccnc1N1C2CCC1CN(C(=O)c1cccc(F)c1-n1nccn1)C2. The minimum atomic E-state index is -4.59. The van der Waals surface area contributed by atoms with Crippen LogP contribution in [0.4, 0.5) is 23.4 Å². The number of amides is 1. The standard InChI is InChI=1S/C22H20F4N6O2/c1-34-19-16(22(24,25)26)7-8-27-20(19)31-13-5-6-14(31)12-30(11-13)21(33)15-3-2-4-17(23)18(15)32-28-9-10-29-32/h2-4,7-10,13-14H,5-6,11-12H2,1H3. The van der Waals surface area contributed by atoms with Crippen LogP contribution in [0.25, 0.3) is 5.69 Å². The van der Waals surface area contributed by atoms with Crippen molar-refractivity contribution in [1.29, 1.82) is 0 Å². The number of aromatic nitrogens is 4. The molecule has 2 aliphatic heterocycles. The molecule has 1 aromatic carbocycles. The molecular weight excluding hydrogens is 456 g/mol. The predicted octanol–water partition coefficient (Wildman–Crippen LogP) is 3.32. The van der Waals surface area contributed by atoms with Gasteiger partial charge in [-0.2, -0.15) is 23.4 Å². The van der Waals surface area contributed by atoms with Gasteiger partial charge in [-0.15, -0.1) is 4.80 Å². The van der Waals surface area contributed by atoms with E-state index in [1.807, 2.05) is 4.90 Å². The average molecular weight is 476 g/mol. The molecule has 2 atom stereocenters. The molecule has 12 heteroatoms. The Hall–Kier alpha value is -3.70. The maximum Gasteiger partial charge on any atom is 0.420 e. The maximum absolute atomic E-state index is 14.6. The first-order valence-corrected chi connectivity index (χ1v) is 10.6. The van der Waals surface area contributed by atoms with E-state index in [0.29, 0.717) is 12.8 Å². The summed E-state index contributed by atoms with van der Waals surface area (Å²) in [4.78, 5) is 22.1. The Morgan fingerprint density at radius 1 is 1.06 bits per heavy atom. The molecule has 0 saturated carbocycles. The van der Waals surface area contributed by atoms with Crippen LogP contribution in [-0.2, 0) is 6.18 Å². The molecule has 0 radical (unpaired) electrons. The van der Waals surface area contributed by atoms with E-state index in [-0.39, 0.29) is 48.0 Å². The van der Waals surface area contributed by atoms with Crippen LogP contribution in [0.15, 0.2) is 42.9 Å². The van der Waals surface area contributed by atoms with Gasteiger partial charge in [-0.1, -0.05) is 6.07 Å². The van der Waals surface area contributed by atoms with E-state index in [2.05, 4.69) is 15.2 Å². The number of carbonyl (C=O) groups is 1. The van der Waals surface area contributed by atoms with E-state index in [4.69, 9.17) is 4.74 Å². The van der Waals surface area contributed by atoms with Gasteiger partial charge in [-0.3, -0.25) is 4.79 Å². The van der Waals surface area contributed by atoms with Crippen molar-refractivity contribution in [3.8, 4) is 11.4 Å². The fourth-order valence-electron chi connectivity index (χ4n) is 4.85. The average Bonchev–Trinajstić information content (AvgIpc) is 3.43. The topological polar surface area (TPSA) is 76.4 Å². The second-order valence-corrected chi connectivity index (χ2v) is 8.17. The Bertz CT molecular complexity index is 1200. The molecule has 0 spiro atoms. The molecule has 3 aromatic rings. The maximum atomic E-state index is 14.6. The quantitative estimate of drug-likeness (QED) is 0.538. The summed E-state index contributed by atoms with van der Waals surface area (Å²) in [5.74, 6) is -1.25. The van der Waals surface area contributed by atoms with Gasteiger partial charge >= 0.3 is 6.18 Å². The number of fused-ring (bicyclic) bond motifs is 2. The summed E-state index contributed by atoms with van der Waals surface area (Å²) in [6.07, 6.45) is 0.644. The number of carbonyl (C=O) groups excluding carboxylic acids is 1. The number of piperazine rings is 1. The summed E-state index contributed by atoms with van der Waals surface area (Å²) in [6.45, 7) is 0.498. The number of alkyl halides is 3. The van der Waals surface area contributed by atoms with Crippen molar-refractivity contribution < 1.29 is 27.1 Å². The molecule has 2 bridgehead atoms. The second kappa shape index (κ2) is 8.26. The van der Waals surface area contributed by atoms with E-state index in [1.54, 1.807) is 4.90 Å². The number of methoxy groups -OCH3 is 1. The summed E-state index contributed by atoms with van der Waals surface area (Å²) < 4.78 is 60.3. The number of ether oxygens (including phenoxy) is 1. The number of nitrogens with zero attached hydrogens (tertiary/aromatic N) is 6. The van der Waals surface area contributed by atoms with E-state index in [1.165, 1.54) is 37.7 Å². The van der Waals surface area contributed by atoms with Gasteiger partial charge in [-0.25, -0.2) is 9.37 Å². The molecule has 2 aliphatic rings. The highest BCUT2D eigenvalue weighted by Gasteiger charge is 2.45. The lowest BCUT2D eigenvalue weighted by Gasteiger charge is -2.42. The molecule has 0 aliphatic carbocycles. The minimum Gasteiger partial charge on any atom is -0.492 e. The van der Waals surface area contributed by atoms with Gasteiger partial charge in [0.15, 0.2) is 17.4 Å². The molecule has 178 valence electrons. The van der Waals surface area contributed by atoms with Crippen LogP contribution < -0.4 is 9.64 Å². The Balaban J connectivity index is 1.45. The van der Waals surface area contributed by atoms with Crippen LogP contribution >= 0.6 is 0 Å². The summed E-state index contributed by atoms with van der Waals surface area (Å²) in [5, 5.41) is 7.90. The largest absolute Gasteiger partial charge is 0.492 e. The Kier molecular flexibility index (Phi) is 5.37. The zero-order valence-electron chi connectivity index (χ0n) is 18.0. The summed E-state index contributed by atoms with van der Waals surface area (Å²) in [6, 6.07) is 4.55. The van der Waals surface area contributed by atoms with Gasteiger partial charge in [0, 0.05) is 31.4 Å². The highest BCUT2D eigenvalue weighted by molar-refractivity contribution is 5.98. The lowest BCUT2D eigenvalue weighted by molar-refractivity contribution is -0.138. The highest BCUT2D eigenvalue weighted by Crippen LogP contribution is 2.44. The fraction of sp³-hybridized carbons (Fsp3) is 0.364. The number of pyridine rings is 1. The van der Waals surface area contributed by atoms with Crippen LogP contribution in [0, 0.1) is 5.82 Å². The first-order chi connectivity index (χ1) is 16.3. The number of hydrogen-bond acceptors (Lipinski definition) is 6. The molecule has 2 saturated heterocycles. The number of halogens is 4. The molecular formula is C22H20F4N6O2. The lowest BCUT2D eigenvalue weighted by Crippen LogP contribution is -2.56. The van der Waals surface area contributed by atoms with Crippen LogP contribution in [0.3, 0.4) is 0 Å². The first kappa shape index (κ1) is 22.1. The third-order valence-electron chi connectivity index (χ3n) is 6.25. The van der Waals surface area contributed by atoms with Gasteiger partial charge in [0.25, 0.3) is 5.91 Å². The van der Waals surface area contributed by atoms with Crippen LogP contribution in [0.2, 0.25) is 0 Å². The molecule has 0 N–H and O–H groups in total. The van der Waals surface area contributed by atoms with Crippen molar-refractivity contribution >= 4 is 11.7 Å². The number of rotatable bonds is 4. The van der Waals surface area contributed by atoms with Crippen molar-refractivity contribution in [3.63, 3.8) is 0 Å². The second-order valence-electron chi connectivity index (χ2n) is 8.17. The summed E-state index contributed by atoms with van der Waals surface area (Å²) >= 11 is 0. The number of para-hydroxylation sites is 1. The van der Waals surface area contributed by atoms with Crippen molar-refractivity contribution in [3.05, 3.63) is 59.8 Å². The third-order valence-corrected chi connectivity index (χ3v) is 6.25. The van der Waals surface area contributed by atoms with Crippen molar-refractivity contribution in [1.82, 2.24) is 24.9 Å². The van der Waals surface area contributed by atoms with Crippen molar-refractivity contribution in [2.45, 2.75) is 31.1 Å². The molecule has 5 rings (SSSR count). The van der Waals surface area contributed by atoms with E-state index < -0.39 is 23.5 Å². The normalized spacial score (nSPS) is 20.0. The van der Waals surface area contributed by atoms with Crippen molar-refractivity contribution in [2.24, 2.45) is 0 Å². The molecule has 34 heavy (non-hydrogen) atoms. The zero-order chi connectivity index (χ0) is 24.0. The number of likely N-dealkylation sites (tertiary alicyclic amines) is 1. The number of anilines is 1. The summed E-state index contributed by atoms with van der Waals surface area (Å²) in [5.41, 5.74) is -0.832. The fourth-order valence-corrected chi connectivity index (χ4v) is 4.85. The van der Waals surface area contributed by atoms with Crippen LogP contribution in [0.5, 0.6) is 5.75 Å². The molecule has 1 amide bonds. The van der Waals surface area contributed by atoms with Crippen LogP contribution in [0.1, 0.15) is 28.8 Å². The zero-order valence-corrected chi connectivity index (χ0v) is 18.0. The van der Waals surface area contributed by atoms with Gasteiger partial charge in [0.05, 0.1) is 25.1 Å². The van der Waals surface area contributed by atoms with E-state index >= 15 is 0 Å². The molecule has 8 nitrogen and oxygen atoms in total. The summed E-state index contributed by atoms with van der Waals surface area (Å²) in [7, 11) is 1.19.